The Kier molecular flexibility index (Phi) is 29.1. The van der Waals surface area contributed by atoms with Crippen molar-refractivity contribution in [2.24, 2.45) is 0 Å². The number of unbranched alkanes of at least 4 members (excludes halogenated alkanes) is 20. The molecule has 0 saturated heterocycles. The van der Waals surface area contributed by atoms with Gasteiger partial charge in [0.05, 0.1) is 15.2 Å². The van der Waals surface area contributed by atoms with E-state index in [-0.39, 0.29) is 5.91 Å². The summed E-state index contributed by atoms with van der Waals surface area (Å²) in [6.07, 6.45) is 36.1. The first-order chi connectivity index (χ1) is 28.9. The second-order valence-corrected chi connectivity index (χ2v) is 19.0. The van der Waals surface area contributed by atoms with E-state index < -0.39 is 0 Å². The lowest BCUT2D eigenvalue weighted by Gasteiger charge is -2.24. The van der Waals surface area contributed by atoms with Gasteiger partial charge in [0, 0.05) is 11.8 Å². The van der Waals surface area contributed by atoms with E-state index in [9.17, 15) is 4.79 Å². The molecule has 0 bridgehead atoms. The topological polar surface area (TPSA) is 64.6 Å². The summed E-state index contributed by atoms with van der Waals surface area (Å²) < 4.78 is 1.13. The van der Waals surface area contributed by atoms with Crippen LogP contribution in [0.4, 0.5) is 5.82 Å². The second kappa shape index (κ2) is 33.5. The molecule has 0 fully saturated rings. The fourth-order valence-electron chi connectivity index (χ4n) is 8.47. The fraction of sp³-hybridized carbons (Fsp3) is 0.784. The van der Waals surface area contributed by atoms with Gasteiger partial charge in [0.15, 0.2) is 5.82 Å². The maximum absolute atomic E-state index is 13.2. The van der Waals surface area contributed by atoms with E-state index in [1.165, 1.54) is 181 Å². The van der Waals surface area contributed by atoms with E-state index in [1.807, 2.05) is 12.1 Å². The van der Waals surface area contributed by atoms with Gasteiger partial charge in [-0.1, -0.05) is 161 Å². The highest BCUT2D eigenvalue weighted by atomic mass is 32.1. The minimum Gasteiger partial charge on any atom is -0.309 e. The van der Waals surface area contributed by atoms with Crippen molar-refractivity contribution in [3.05, 3.63) is 29.3 Å². The van der Waals surface area contributed by atoms with E-state index in [0.29, 0.717) is 12.2 Å². The molecule has 3 aromatic rings. The highest BCUT2D eigenvalue weighted by Crippen LogP contribution is 2.34. The number of aromatic nitrogens is 2. The maximum Gasteiger partial charge on any atom is 0.225 e. The molecule has 1 amide bonds. The Morgan fingerprint density at radius 3 is 1.56 bits per heavy atom. The Hall–Kier alpha value is -2.13. The molecule has 2 aromatic heterocycles. The molecule has 1 N–H and O–H groups in total. The van der Waals surface area contributed by atoms with E-state index in [4.69, 9.17) is 9.97 Å². The molecule has 2 heterocycles. The Bertz CT molecular complexity index is 1480. The number of pyridine rings is 1. The third kappa shape index (κ3) is 23.0. The van der Waals surface area contributed by atoms with Crippen molar-refractivity contribution in [1.29, 1.82) is 0 Å². The zero-order valence-electron chi connectivity index (χ0n) is 39.1. The van der Waals surface area contributed by atoms with Crippen LogP contribution in [0.2, 0.25) is 0 Å². The molecular formula is C51H90N6OS. The quantitative estimate of drug-likeness (QED) is 0.0578. The van der Waals surface area contributed by atoms with Gasteiger partial charge in [-0.15, -0.1) is 11.3 Å². The van der Waals surface area contributed by atoms with Gasteiger partial charge in [0.25, 0.3) is 0 Å². The minimum absolute atomic E-state index is 0.0503. The molecule has 0 aliphatic heterocycles. The summed E-state index contributed by atoms with van der Waals surface area (Å²) in [5, 5.41) is 5.38. The number of aryl methyl sites for hydroxylation is 1. The summed E-state index contributed by atoms with van der Waals surface area (Å²) in [6.45, 7) is 15.1. The number of hydrogen-bond donors (Lipinski definition) is 1. The van der Waals surface area contributed by atoms with Crippen LogP contribution in [-0.4, -0.2) is 90.5 Å². The number of benzene rings is 1. The summed E-state index contributed by atoms with van der Waals surface area (Å²) in [7, 11) is 4.63. The Morgan fingerprint density at radius 1 is 0.542 bits per heavy atom. The van der Waals surface area contributed by atoms with Gasteiger partial charge in [-0.3, -0.25) is 4.79 Å². The number of hydrogen-bond acceptors (Lipinski definition) is 7. The molecule has 0 aliphatic carbocycles. The van der Waals surface area contributed by atoms with E-state index in [2.05, 4.69) is 67.0 Å². The van der Waals surface area contributed by atoms with E-state index >= 15 is 0 Å². The van der Waals surface area contributed by atoms with Crippen LogP contribution in [0.3, 0.4) is 0 Å². The fourth-order valence-corrected chi connectivity index (χ4v) is 9.67. The number of amides is 1. The number of anilines is 1. The number of nitrogens with one attached hydrogen (secondary N) is 1. The van der Waals surface area contributed by atoms with Crippen LogP contribution in [0.15, 0.2) is 24.3 Å². The molecule has 7 nitrogen and oxygen atoms in total. The highest BCUT2D eigenvalue weighted by molar-refractivity contribution is 7.19. The van der Waals surface area contributed by atoms with Gasteiger partial charge in [0.1, 0.15) is 5.52 Å². The van der Waals surface area contributed by atoms with E-state index in [1.54, 1.807) is 11.3 Å². The van der Waals surface area contributed by atoms with Crippen LogP contribution >= 0.6 is 11.3 Å². The van der Waals surface area contributed by atoms with Crippen molar-refractivity contribution >= 4 is 44.2 Å². The summed E-state index contributed by atoms with van der Waals surface area (Å²) in [5.74, 6) is 0.667. The minimum atomic E-state index is 0.0503. The van der Waals surface area contributed by atoms with E-state index in [0.717, 1.165) is 64.8 Å². The zero-order chi connectivity index (χ0) is 42.2. The number of thiazole rings is 1. The molecule has 0 unspecified atom stereocenters. The molecule has 3 rings (SSSR count). The third-order valence-electron chi connectivity index (χ3n) is 12.2. The molecule has 0 saturated carbocycles. The number of carbonyl (C=O) groups is 1. The van der Waals surface area contributed by atoms with Gasteiger partial charge in [-0.05, 0) is 117 Å². The molecule has 1 aromatic carbocycles. The predicted molar refractivity (Wildman–Crippen MR) is 260 cm³/mol. The Balaban J connectivity index is 1.34. The number of carbonyl (C=O) groups excluding carboxylic acids is 1. The second-order valence-electron chi connectivity index (χ2n) is 17.9. The molecule has 0 radical (unpaired) electrons. The number of rotatable bonds is 39. The average molecular weight is 835 g/mol. The standard InChI is InChI=1S/C51H90N6OS/c1-6-9-11-13-15-17-19-21-23-29-38-55(4)39-32-40-56(5)41-33-44-57(42-30-24-22-20-18-16-14-12-10-7-2)43-31-25-26-37-47(58)53-51-49-50(59-48(54-49)34-8-3)45-35-27-28-36-46(45)52-51/h27-28,35-36H,6-26,29-34,37-44H2,1-5H3,(H,52,53,58). The molecular weight excluding hydrogens is 745 g/mol. The number of nitrogens with zero attached hydrogens (tertiary/aromatic N) is 5. The molecule has 336 valence electrons. The number of para-hydroxylation sites is 1. The lowest BCUT2D eigenvalue weighted by Crippen LogP contribution is -2.31. The zero-order valence-corrected chi connectivity index (χ0v) is 39.9. The highest BCUT2D eigenvalue weighted by Gasteiger charge is 2.16. The van der Waals surface area contributed by atoms with Crippen LogP contribution in [0.5, 0.6) is 0 Å². The molecule has 59 heavy (non-hydrogen) atoms. The smallest absolute Gasteiger partial charge is 0.225 e. The van der Waals surface area contributed by atoms with Crippen molar-refractivity contribution in [1.82, 2.24) is 24.7 Å². The van der Waals surface area contributed by atoms with Crippen LogP contribution in [-0.2, 0) is 11.2 Å². The van der Waals surface area contributed by atoms with Crippen molar-refractivity contribution in [3.8, 4) is 0 Å². The summed E-state index contributed by atoms with van der Waals surface area (Å²) in [5.41, 5.74) is 1.75. The van der Waals surface area contributed by atoms with Crippen LogP contribution in [0.1, 0.15) is 199 Å². The Labute approximate surface area is 367 Å². The first-order valence-corrected chi connectivity index (χ1v) is 25.8. The first-order valence-electron chi connectivity index (χ1n) is 25.0. The summed E-state index contributed by atoms with van der Waals surface area (Å²) in [4.78, 5) is 30.8. The van der Waals surface area contributed by atoms with Gasteiger partial charge in [0.2, 0.25) is 5.91 Å². The SMILES string of the molecule is CCCCCCCCCCCCN(C)CCCN(C)CCCN(CCCCCCCCCCCC)CCCCCC(=O)Nc1nc2ccccc2c2sc(CCC)nc12. The lowest BCUT2D eigenvalue weighted by atomic mass is 10.1. The summed E-state index contributed by atoms with van der Waals surface area (Å²) in [6, 6.07) is 8.21. The molecule has 0 atom stereocenters. The predicted octanol–water partition coefficient (Wildman–Crippen LogP) is 14.1. The van der Waals surface area contributed by atoms with Crippen LogP contribution in [0.25, 0.3) is 21.1 Å². The molecule has 0 spiro atoms. The largest absolute Gasteiger partial charge is 0.309 e. The molecule has 0 aliphatic rings. The molecule has 8 heteroatoms. The third-order valence-corrected chi connectivity index (χ3v) is 13.3. The van der Waals surface area contributed by atoms with Gasteiger partial charge in [-0.2, -0.15) is 0 Å². The van der Waals surface area contributed by atoms with Crippen molar-refractivity contribution < 1.29 is 4.79 Å². The monoisotopic (exact) mass is 835 g/mol. The summed E-state index contributed by atoms with van der Waals surface area (Å²) >= 11 is 1.74. The van der Waals surface area contributed by atoms with Crippen molar-refractivity contribution in [2.45, 2.75) is 201 Å². The van der Waals surface area contributed by atoms with Gasteiger partial charge >= 0.3 is 0 Å². The van der Waals surface area contributed by atoms with Crippen molar-refractivity contribution in [3.63, 3.8) is 0 Å². The van der Waals surface area contributed by atoms with Crippen molar-refractivity contribution in [2.75, 3.05) is 65.2 Å². The Morgan fingerprint density at radius 2 is 1.00 bits per heavy atom. The van der Waals surface area contributed by atoms with Crippen LogP contribution in [0, 0.1) is 0 Å². The normalized spacial score (nSPS) is 12.0. The maximum atomic E-state index is 13.2. The van der Waals surface area contributed by atoms with Gasteiger partial charge < -0.3 is 20.0 Å². The lowest BCUT2D eigenvalue weighted by molar-refractivity contribution is -0.116. The number of fused-ring (bicyclic) bond motifs is 3. The first kappa shape index (κ1) is 51.2. The van der Waals surface area contributed by atoms with Gasteiger partial charge in [-0.25, -0.2) is 9.97 Å². The van der Waals surface area contributed by atoms with Crippen LogP contribution < -0.4 is 5.32 Å². The average Bonchev–Trinajstić information content (AvgIpc) is 3.66.